The van der Waals surface area contributed by atoms with Crippen LogP contribution in [0.2, 0.25) is 0 Å². The van der Waals surface area contributed by atoms with E-state index < -0.39 is 0 Å². The largest absolute Gasteiger partial charge is 0.497 e. The minimum atomic E-state index is -0.111. The summed E-state index contributed by atoms with van der Waals surface area (Å²) >= 11 is 0. The number of carbonyl (C=O) groups is 1. The highest BCUT2D eigenvalue weighted by atomic mass is 16.5. The fourth-order valence-corrected chi connectivity index (χ4v) is 2.32. The highest BCUT2D eigenvalue weighted by Crippen LogP contribution is 2.28. The SMILES string of the molecule is COc1ccc(NCC(=O)Nc2c(C)cccc2C)c(OC)c1. The van der Waals surface area contributed by atoms with Crippen LogP contribution in [0.15, 0.2) is 36.4 Å². The topological polar surface area (TPSA) is 59.6 Å². The molecule has 122 valence electrons. The molecule has 0 saturated heterocycles. The van der Waals surface area contributed by atoms with Crippen LogP contribution in [0.3, 0.4) is 0 Å². The fraction of sp³-hybridized carbons (Fsp3) is 0.278. The molecule has 0 unspecified atom stereocenters. The van der Waals surface area contributed by atoms with Crippen molar-refractivity contribution >= 4 is 17.3 Å². The first-order chi connectivity index (χ1) is 11.0. The lowest BCUT2D eigenvalue weighted by molar-refractivity contribution is -0.114. The van der Waals surface area contributed by atoms with Crippen LogP contribution in [-0.4, -0.2) is 26.7 Å². The summed E-state index contributed by atoms with van der Waals surface area (Å²) in [5.41, 5.74) is 3.69. The molecule has 0 radical (unpaired) electrons. The lowest BCUT2D eigenvalue weighted by Crippen LogP contribution is -2.22. The number of ether oxygens (including phenoxy) is 2. The summed E-state index contributed by atoms with van der Waals surface area (Å²) in [6.45, 7) is 4.10. The zero-order valence-corrected chi connectivity index (χ0v) is 13.9. The van der Waals surface area contributed by atoms with E-state index >= 15 is 0 Å². The van der Waals surface area contributed by atoms with Crippen molar-refractivity contribution in [2.75, 3.05) is 31.4 Å². The molecule has 0 fully saturated rings. The second kappa shape index (κ2) is 7.54. The highest BCUT2D eigenvalue weighted by molar-refractivity contribution is 5.95. The van der Waals surface area contributed by atoms with E-state index in [1.165, 1.54) is 0 Å². The van der Waals surface area contributed by atoms with E-state index in [0.29, 0.717) is 11.5 Å². The first kappa shape index (κ1) is 16.7. The highest BCUT2D eigenvalue weighted by Gasteiger charge is 2.09. The standard InChI is InChI=1S/C18H22N2O3/c1-12-6-5-7-13(2)18(12)20-17(21)11-19-15-9-8-14(22-3)10-16(15)23-4/h5-10,19H,11H2,1-4H3,(H,20,21). The van der Waals surface area contributed by atoms with Gasteiger partial charge in [0.15, 0.2) is 0 Å². The van der Waals surface area contributed by atoms with Gasteiger partial charge in [0, 0.05) is 11.8 Å². The number of benzene rings is 2. The Balaban J connectivity index is 2.02. The molecule has 0 spiro atoms. The summed E-state index contributed by atoms with van der Waals surface area (Å²) in [5, 5.41) is 6.02. The third-order valence-electron chi connectivity index (χ3n) is 3.59. The van der Waals surface area contributed by atoms with Crippen LogP contribution in [0.5, 0.6) is 11.5 Å². The molecule has 0 aliphatic rings. The second-order valence-electron chi connectivity index (χ2n) is 5.23. The van der Waals surface area contributed by atoms with E-state index in [2.05, 4.69) is 10.6 Å². The average molecular weight is 314 g/mol. The van der Waals surface area contributed by atoms with Crippen LogP contribution in [0.25, 0.3) is 0 Å². The number of carbonyl (C=O) groups excluding carboxylic acids is 1. The van der Waals surface area contributed by atoms with Gasteiger partial charge in [-0.2, -0.15) is 0 Å². The van der Waals surface area contributed by atoms with Gasteiger partial charge in [-0.1, -0.05) is 18.2 Å². The quantitative estimate of drug-likeness (QED) is 0.858. The maximum absolute atomic E-state index is 12.2. The molecule has 5 nitrogen and oxygen atoms in total. The Morgan fingerprint density at radius 3 is 2.35 bits per heavy atom. The normalized spacial score (nSPS) is 10.1. The number of para-hydroxylation sites is 1. The first-order valence-electron chi connectivity index (χ1n) is 7.37. The maximum Gasteiger partial charge on any atom is 0.243 e. The lowest BCUT2D eigenvalue weighted by Gasteiger charge is -2.14. The smallest absolute Gasteiger partial charge is 0.243 e. The summed E-state index contributed by atoms with van der Waals surface area (Å²) in [5.74, 6) is 1.22. The molecule has 2 N–H and O–H groups in total. The Hall–Kier alpha value is -2.69. The molecular formula is C18H22N2O3. The molecule has 0 saturated carbocycles. The van der Waals surface area contributed by atoms with Crippen molar-refractivity contribution in [2.45, 2.75) is 13.8 Å². The molecule has 0 bridgehead atoms. The Morgan fingerprint density at radius 2 is 1.74 bits per heavy atom. The summed E-state index contributed by atoms with van der Waals surface area (Å²) in [7, 11) is 3.18. The molecule has 5 heteroatoms. The van der Waals surface area contributed by atoms with Crippen molar-refractivity contribution < 1.29 is 14.3 Å². The third-order valence-corrected chi connectivity index (χ3v) is 3.59. The second-order valence-corrected chi connectivity index (χ2v) is 5.23. The number of aryl methyl sites for hydroxylation is 2. The van der Waals surface area contributed by atoms with Gasteiger partial charge in [-0.25, -0.2) is 0 Å². The number of amides is 1. The number of hydrogen-bond donors (Lipinski definition) is 2. The van der Waals surface area contributed by atoms with Gasteiger partial charge in [0.25, 0.3) is 0 Å². The Kier molecular flexibility index (Phi) is 5.46. The minimum Gasteiger partial charge on any atom is -0.497 e. The Bertz CT molecular complexity index is 678. The molecule has 0 aliphatic heterocycles. The number of rotatable bonds is 6. The molecular weight excluding hydrogens is 292 g/mol. The van der Waals surface area contributed by atoms with E-state index in [4.69, 9.17) is 9.47 Å². The summed E-state index contributed by atoms with van der Waals surface area (Å²) in [6.07, 6.45) is 0. The summed E-state index contributed by atoms with van der Waals surface area (Å²) < 4.78 is 10.5. The van der Waals surface area contributed by atoms with Gasteiger partial charge in [-0.3, -0.25) is 4.79 Å². The molecule has 0 atom stereocenters. The van der Waals surface area contributed by atoms with Crippen molar-refractivity contribution in [2.24, 2.45) is 0 Å². The number of hydrogen-bond acceptors (Lipinski definition) is 4. The van der Waals surface area contributed by atoms with E-state index in [1.807, 2.05) is 44.2 Å². The van der Waals surface area contributed by atoms with E-state index in [0.717, 1.165) is 22.5 Å². The average Bonchev–Trinajstić information content (AvgIpc) is 2.56. The van der Waals surface area contributed by atoms with Crippen molar-refractivity contribution in [3.05, 3.63) is 47.5 Å². The van der Waals surface area contributed by atoms with Gasteiger partial charge in [-0.15, -0.1) is 0 Å². The Morgan fingerprint density at radius 1 is 1.04 bits per heavy atom. The molecule has 2 aromatic rings. The lowest BCUT2D eigenvalue weighted by atomic mass is 10.1. The van der Waals surface area contributed by atoms with Crippen molar-refractivity contribution in [1.29, 1.82) is 0 Å². The maximum atomic E-state index is 12.2. The number of nitrogens with one attached hydrogen (secondary N) is 2. The molecule has 23 heavy (non-hydrogen) atoms. The van der Waals surface area contributed by atoms with Crippen LogP contribution in [0, 0.1) is 13.8 Å². The van der Waals surface area contributed by atoms with Crippen molar-refractivity contribution in [1.82, 2.24) is 0 Å². The van der Waals surface area contributed by atoms with Gasteiger partial charge in [0.05, 0.1) is 26.5 Å². The zero-order valence-electron chi connectivity index (χ0n) is 13.9. The molecule has 0 aromatic heterocycles. The monoisotopic (exact) mass is 314 g/mol. The van der Waals surface area contributed by atoms with Crippen LogP contribution in [0.4, 0.5) is 11.4 Å². The molecule has 0 aliphatic carbocycles. The van der Waals surface area contributed by atoms with Crippen LogP contribution in [0.1, 0.15) is 11.1 Å². The zero-order chi connectivity index (χ0) is 16.8. The van der Waals surface area contributed by atoms with Gasteiger partial charge >= 0.3 is 0 Å². The molecule has 1 amide bonds. The molecule has 2 aromatic carbocycles. The van der Waals surface area contributed by atoms with Crippen molar-refractivity contribution in [3.63, 3.8) is 0 Å². The van der Waals surface area contributed by atoms with Crippen molar-refractivity contribution in [3.8, 4) is 11.5 Å². The van der Waals surface area contributed by atoms with Gasteiger partial charge in [0.2, 0.25) is 5.91 Å². The van der Waals surface area contributed by atoms with E-state index in [1.54, 1.807) is 20.3 Å². The summed E-state index contributed by atoms with van der Waals surface area (Å²) in [4.78, 5) is 12.2. The first-order valence-corrected chi connectivity index (χ1v) is 7.37. The third kappa shape index (κ3) is 4.16. The number of methoxy groups -OCH3 is 2. The van der Waals surface area contributed by atoms with E-state index in [9.17, 15) is 4.79 Å². The molecule has 0 heterocycles. The number of anilines is 2. The Labute approximate surface area is 136 Å². The van der Waals surface area contributed by atoms with E-state index in [-0.39, 0.29) is 12.5 Å². The van der Waals surface area contributed by atoms with Crippen LogP contribution < -0.4 is 20.1 Å². The van der Waals surface area contributed by atoms with Gasteiger partial charge < -0.3 is 20.1 Å². The minimum absolute atomic E-state index is 0.111. The summed E-state index contributed by atoms with van der Waals surface area (Å²) in [6, 6.07) is 11.3. The fourth-order valence-electron chi connectivity index (χ4n) is 2.32. The van der Waals surface area contributed by atoms with Gasteiger partial charge in [-0.05, 0) is 37.1 Å². The predicted molar refractivity (Wildman–Crippen MR) is 92.6 cm³/mol. The van der Waals surface area contributed by atoms with Crippen LogP contribution in [-0.2, 0) is 4.79 Å². The van der Waals surface area contributed by atoms with Crippen LogP contribution >= 0.6 is 0 Å². The molecule has 2 rings (SSSR count). The predicted octanol–water partition coefficient (Wildman–Crippen LogP) is 3.37. The van der Waals surface area contributed by atoms with Gasteiger partial charge in [0.1, 0.15) is 11.5 Å².